The van der Waals surface area contributed by atoms with Gasteiger partial charge in [-0.3, -0.25) is 24.2 Å². The minimum absolute atomic E-state index is 0.0527. The van der Waals surface area contributed by atoms with Crippen LogP contribution < -0.4 is 9.64 Å². The van der Waals surface area contributed by atoms with Crippen LogP contribution in [-0.4, -0.2) is 87.3 Å². The number of oxazole rings is 1. The Morgan fingerprint density at radius 1 is 1.16 bits per heavy atom. The number of para-hydroxylation sites is 1. The van der Waals surface area contributed by atoms with Crippen molar-refractivity contribution in [2.45, 2.75) is 44.8 Å². The number of carbonyl (C=O) groups excluding carboxylic acids is 3. The van der Waals surface area contributed by atoms with Gasteiger partial charge in [0.05, 0.1) is 50.1 Å². The number of anilines is 1. The number of methoxy groups -OCH3 is 2. The second-order valence-electron chi connectivity index (χ2n) is 11.4. The monoisotopic (exact) mass is 623 g/mol. The molecule has 1 atom stereocenters. The molecule has 11 nitrogen and oxygen atoms in total. The highest BCUT2D eigenvalue weighted by Gasteiger charge is 2.56. The van der Waals surface area contributed by atoms with Gasteiger partial charge in [0.25, 0.3) is 0 Å². The third kappa shape index (κ3) is 5.55. The maximum atomic E-state index is 14.7. The predicted octanol–water partition coefficient (Wildman–Crippen LogP) is 4.44. The predicted molar refractivity (Wildman–Crippen MR) is 162 cm³/mol. The number of esters is 1. The first-order valence-electron chi connectivity index (χ1n) is 14.9. The molecule has 12 heteroatoms. The first-order valence-corrected chi connectivity index (χ1v) is 15.7. The Hall–Kier alpha value is -3.58. The van der Waals surface area contributed by atoms with Crippen molar-refractivity contribution in [3.8, 4) is 16.5 Å². The van der Waals surface area contributed by atoms with Crippen LogP contribution in [0.5, 0.6) is 5.75 Å². The number of carbonyl (C=O) groups is 3. The number of Topliss-reactive ketones (excluding diaryl/α,β-unsaturated/α-hetero) is 1. The van der Waals surface area contributed by atoms with E-state index in [-0.39, 0.29) is 36.9 Å². The van der Waals surface area contributed by atoms with Gasteiger partial charge in [-0.05, 0) is 44.2 Å². The van der Waals surface area contributed by atoms with Crippen LogP contribution in [-0.2, 0) is 23.8 Å². The fourth-order valence-corrected chi connectivity index (χ4v) is 7.74. The molecule has 0 N–H and O–H groups in total. The number of hydrogen-bond donors (Lipinski definition) is 0. The lowest BCUT2D eigenvalue weighted by molar-refractivity contribution is -0.142. The number of likely N-dealkylation sites (tertiary alicyclic amines) is 1. The summed E-state index contributed by atoms with van der Waals surface area (Å²) in [7, 11) is 2.97. The molecule has 1 aromatic carbocycles. The molecule has 3 aliphatic heterocycles. The fraction of sp³-hybridized carbons (Fsp3) is 0.500. The molecule has 2 aromatic heterocycles. The van der Waals surface area contributed by atoms with Crippen molar-refractivity contribution in [1.82, 2.24) is 9.88 Å². The Kier molecular flexibility index (Phi) is 8.86. The number of piperidine rings is 1. The van der Waals surface area contributed by atoms with E-state index in [4.69, 9.17) is 23.4 Å². The van der Waals surface area contributed by atoms with Gasteiger partial charge >= 0.3 is 5.97 Å². The molecule has 0 unspecified atom stereocenters. The van der Waals surface area contributed by atoms with E-state index in [0.717, 1.165) is 24.0 Å². The van der Waals surface area contributed by atoms with Crippen LogP contribution in [0.25, 0.3) is 10.8 Å². The van der Waals surface area contributed by atoms with Crippen LogP contribution in [0.1, 0.15) is 53.3 Å². The van der Waals surface area contributed by atoms with Crippen LogP contribution in [0.3, 0.4) is 0 Å². The molecule has 1 spiro atoms. The summed E-state index contributed by atoms with van der Waals surface area (Å²) in [5, 5.41) is 0.573. The molecular formula is C32H37N3O8S. The second kappa shape index (κ2) is 12.8. The number of amides is 1. The van der Waals surface area contributed by atoms with Crippen LogP contribution >= 0.6 is 11.3 Å². The van der Waals surface area contributed by atoms with Gasteiger partial charge < -0.3 is 23.4 Å². The third-order valence-electron chi connectivity index (χ3n) is 8.97. The Bertz CT molecular complexity index is 1510. The molecule has 3 aromatic rings. The van der Waals surface area contributed by atoms with E-state index >= 15 is 0 Å². The summed E-state index contributed by atoms with van der Waals surface area (Å²) >= 11 is 1.34. The summed E-state index contributed by atoms with van der Waals surface area (Å²) in [5.74, 6) is 0.295. The molecule has 2 saturated heterocycles. The van der Waals surface area contributed by atoms with Gasteiger partial charge in [-0.1, -0.05) is 18.2 Å². The first kappa shape index (κ1) is 30.4. The zero-order valence-corrected chi connectivity index (χ0v) is 26.0. The van der Waals surface area contributed by atoms with E-state index in [1.165, 1.54) is 24.7 Å². The number of thiophene rings is 1. The van der Waals surface area contributed by atoms with Crippen molar-refractivity contribution in [3.63, 3.8) is 0 Å². The number of rotatable bonds is 9. The fourth-order valence-electron chi connectivity index (χ4n) is 6.49. The second-order valence-corrected chi connectivity index (χ2v) is 12.4. The van der Waals surface area contributed by atoms with Crippen molar-refractivity contribution < 1.29 is 37.7 Å². The Morgan fingerprint density at radius 2 is 1.91 bits per heavy atom. The van der Waals surface area contributed by atoms with E-state index in [9.17, 15) is 14.4 Å². The number of hydrogen-bond acceptors (Lipinski definition) is 11. The lowest BCUT2D eigenvalue weighted by atomic mass is 9.69. The van der Waals surface area contributed by atoms with Crippen molar-refractivity contribution in [3.05, 3.63) is 53.4 Å². The van der Waals surface area contributed by atoms with Crippen LogP contribution in [0.4, 0.5) is 5.00 Å². The maximum absolute atomic E-state index is 14.7. The van der Waals surface area contributed by atoms with Crippen LogP contribution in [0.15, 0.2) is 41.1 Å². The van der Waals surface area contributed by atoms with Gasteiger partial charge in [-0.15, -0.1) is 11.3 Å². The molecule has 3 aliphatic rings. The summed E-state index contributed by atoms with van der Waals surface area (Å²) in [6.45, 7) is 4.25. The van der Waals surface area contributed by atoms with Gasteiger partial charge in [-0.25, -0.2) is 4.98 Å². The standard InChI is InChI=1S/C32H37N3O8S/c1-20-26-28(37)32(10-13-34(14-11-32)19-25(36)40-3)31(38)35(30(26)44-27(20)29-33-12-17-42-29)18-24(43-21-8-15-41-16-9-21)22-6-4-5-7-23(22)39-2/h4-7,12,17,21,24H,8-11,13-16,18-19H2,1-3H3/t24-/m0/s1. The largest absolute Gasteiger partial charge is 0.496 e. The summed E-state index contributed by atoms with van der Waals surface area (Å²) in [6, 6.07) is 7.68. The molecule has 0 radical (unpaired) electrons. The molecule has 0 aliphatic carbocycles. The van der Waals surface area contributed by atoms with Crippen molar-refractivity contribution in [1.29, 1.82) is 0 Å². The number of aromatic nitrogens is 1. The minimum atomic E-state index is -1.26. The highest BCUT2D eigenvalue weighted by atomic mass is 32.1. The Balaban J connectivity index is 1.41. The molecule has 44 heavy (non-hydrogen) atoms. The zero-order valence-electron chi connectivity index (χ0n) is 25.2. The van der Waals surface area contributed by atoms with Crippen molar-refractivity contribution >= 4 is 34.0 Å². The average molecular weight is 624 g/mol. The first-order chi connectivity index (χ1) is 21.4. The van der Waals surface area contributed by atoms with Gasteiger partial charge in [0, 0.05) is 31.9 Å². The number of fused-ring (bicyclic) bond motifs is 1. The van der Waals surface area contributed by atoms with E-state index in [1.54, 1.807) is 18.2 Å². The van der Waals surface area contributed by atoms with Gasteiger partial charge in [-0.2, -0.15) is 0 Å². The SMILES string of the molecule is COC(=O)CN1CCC2(CC1)C(=O)c1c(sc(-c3ncco3)c1C)N(C[C@H](OC1CCOCC1)c1ccccc1OC)C2=O. The van der Waals surface area contributed by atoms with Crippen molar-refractivity contribution in [2.75, 3.05) is 58.5 Å². The van der Waals surface area contributed by atoms with E-state index in [1.807, 2.05) is 36.1 Å². The lowest BCUT2D eigenvalue weighted by Crippen LogP contribution is -2.58. The number of nitrogens with zero attached hydrogens (tertiary/aromatic N) is 3. The number of ether oxygens (including phenoxy) is 4. The van der Waals surface area contributed by atoms with Gasteiger partial charge in [0.15, 0.2) is 5.78 Å². The van der Waals surface area contributed by atoms with Gasteiger partial charge in [0.2, 0.25) is 11.8 Å². The topological polar surface area (TPSA) is 121 Å². The molecular weight excluding hydrogens is 586 g/mol. The molecule has 0 bridgehead atoms. The summed E-state index contributed by atoms with van der Waals surface area (Å²) < 4.78 is 28.5. The van der Waals surface area contributed by atoms with E-state index in [0.29, 0.717) is 66.2 Å². The highest BCUT2D eigenvalue weighted by molar-refractivity contribution is 7.20. The maximum Gasteiger partial charge on any atom is 0.319 e. The quantitative estimate of drug-likeness (QED) is 0.250. The normalized spacial score (nSPS) is 19.7. The summed E-state index contributed by atoms with van der Waals surface area (Å²) in [4.78, 5) is 49.9. The van der Waals surface area contributed by atoms with Crippen LogP contribution in [0, 0.1) is 12.3 Å². The minimum Gasteiger partial charge on any atom is -0.496 e. The Labute approximate surface area is 260 Å². The van der Waals surface area contributed by atoms with Crippen molar-refractivity contribution in [2.24, 2.45) is 5.41 Å². The average Bonchev–Trinajstić information content (AvgIpc) is 3.71. The van der Waals surface area contributed by atoms with E-state index in [2.05, 4.69) is 4.98 Å². The van der Waals surface area contributed by atoms with Gasteiger partial charge in [0.1, 0.15) is 28.5 Å². The molecule has 6 rings (SSSR count). The molecule has 5 heterocycles. The molecule has 234 valence electrons. The Morgan fingerprint density at radius 3 is 2.59 bits per heavy atom. The summed E-state index contributed by atoms with van der Waals surface area (Å²) in [6.07, 6.45) is 4.56. The summed E-state index contributed by atoms with van der Waals surface area (Å²) in [5.41, 5.74) is 0.832. The lowest BCUT2D eigenvalue weighted by Gasteiger charge is -2.45. The van der Waals surface area contributed by atoms with E-state index < -0.39 is 11.5 Å². The molecule has 0 saturated carbocycles. The number of ketones is 1. The smallest absolute Gasteiger partial charge is 0.319 e. The zero-order chi connectivity index (χ0) is 30.8. The van der Waals surface area contributed by atoms with Crippen LogP contribution in [0.2, 0.25) is 0 Å². The third-order valence-corrected chi connectivity index (χ3v) is 10.3. The highest BCUT2D eigenvalue weighted by Crippen LogP contribution is 2.52. The number of benzene rings is 1. The molecule has 2 fully saturated rings. The molecule has 1 amide bonds.